The lowest BCUT2D eigenvalue weighted by Gasteiger charge is -2.15. The van der Waals surface area contributed by atoms with Crippen LogP contribution in [0.1, 0.15) is 45.1 Å². The van der Waals surface area contributed by atoms with E-state index in [4.69, 9.17) is 11.6 Å². The lowest BCUT2D eigenvalue weighted by atomic mass is 9.99. The Bertz CT molecular complexity index is 474. The molecule has 1 aromatic carbocycles. The summed E-state index contributed by atoms with van der Waals surface area (Å²) in [5.41, 5.74) is 0.903. The van der Waals surface area contributed by atoms with Crippen LogP contribution < -0.4 is 10.6 Å². The van der Waals surface area contributed by atoms with Crippen molar-refractivity contribution >= 4 is 23.4 Å². The number of hydrogen-bond acceptors (Lipinski definition) is 2. The minimum atomic E-state index is -0.597. The van der Waals surface area contributed by atoms with Gasteiger partial charge in [-0.1, -0.05) is 56.8 Å². The van der Waals surface area contributed by atoms with Gasteiger partial charge in [0.1, 0.15) is 0 Å². The number of rotatable bonds is 8. The van der Waals surface area contributed by atoms with E-state index < -0.39 is 11.8 Å². The fourth-order valence-electron chi connectivity index (χ4n) is 2.13. The van der Waals surface area contributed by atoms with Gasteiger partial charge in [-0.15, -0.1) is 0 Å². The highest BCUT2D eigenvalue weighted by molar-refractivity contribution is 6.35. The van der Waals surface area contributed by atoms with Crippen LogP contribution in [-0.2, 0) is 16.1 Å². The van der Waals surface area contributed by atoms with E-state index in [1.807, 2.05) is 12.1 Å². The number of carbonyl (C=O) groups excluding carboxylic acids is 2. The summed E-state index contributed by atoms with van der Waals surface area (Å²) >= 11 is 5.79. The molecule has 0 aliphatic rings. The molecule has 0 spiro atoms. The van der Waals surface area contributed by atoms with E-state index in [1.165, 1.54) is 0 Å². The van der Waals surface area contributed by atoms with Gasteiger partial charge in [-0.3, -0.25) is 9.59 Å². The molecule has 122 valence electrons. The molecule has 0 bridgehead atoms. The fourth-order valence-corrected chi connectivity index (χ4v) is 2.25. The largest absolute Gasteiger partial charge is 0.348 e. The number of halogens is 1. The van der Waals surface area contributed by atoms with Gasteiger partial charge < -0.3 is 10.6 Å². The number of hydrogen-bond donors (Lipinski definition) is 2. The third-order valence-electron chi connectivity index (χ3n) is 3.67. The zero-order chi connectivity index (χ0) is 16.4. The molecule has 0 unspecified atom stereocenters. The fraction of sp³-hybridized carbons (Fsp3) is 0.529. The molecular weight excluding hydrogens is 300 g/mol. The first-order valence-corrected chi connectivity index (χ1v) is 8.25. The van der Waals surface area contributed by atoms with Crippen LogP contribution in [0.3, 0.4) is 0 Å². The van der Waals surface area contributed by atoms with Crippen molar-refractivity contribution in [3.63, 3.8) is 0 Å². The van der Waals surface area contributed by atoms with Gasteiger partial charge in [0.05, 0.1) is 0 Å². The predicted molar refractivity (Wildman–Crippen MR) is 89.6 cm³/mol. The highest BCUT2D eigenvalue weighted by Gasteiger charge is 2.14. The number of benzene rings is 1. The summed E-state index contributed by atoms with van der Waals surface area (Å²) in [7, 11) is 0. The Balaban J connectivity index is 2.32. The van der Waals surface area contributed by atoms with Crippen molar-refractivity contribution in [2.24, 2.45) is 5.92 Å². The molecule has 1 aromatic rings. The van der Waals surface area contributed by atoms with Gasteiger partial charge in [-0.2, -0.15) is 0 Å². The summed E-state index contributed by atoms with van der Waals surface area (Å²) in [4.78, 5) is 23.5. The lowest BCUT2D eigenvalue weighted by molar-refractivity contribution is -0.139. The highest BCUT2D eigenvalue weighted by Crippen LogP contribution is 2.11. The van der Waals surface area contributed by atoms with Crippen molar-refractivity contribution in [3.8, 4) is 0 Å². The van der Waals surface area contributed by atoms with Gasteiger partial charge in [0.25, 0.3) is 0 Å². The van der Waals surface area contributed by atoms with Gasteiger partial charge in [-0.25, -0.2) is 0 Å². The van der Waals surface area contributed by atoms with Crippen LogP contribution in [0.15, 0.2) is 24.3 Å². The van der Waals surface area contributed by atoms with Gasteiger partial charge in [0.15, 0.2) is 0 Å². The smallest absolute Gasteiger partial charge is 0.309 e. The van der Waals surface area contributed by atoms with Crippen molar-refractivity contribution < 1.29 is 9.59 Å². The van der Waals surface area contributed by atoms with Gasteiger partial charge in [0, 0.05) is 18.1 Å². The summed E-state index contributed by atoms with van der Waals surface area (Å²) in [6.45, 7) is 5.13. The number of amides is 2. The standard InChI is InChI=1S/C17H25ClN2O2/c1-3-5-6-13(4-2)11-19-16(21)17(22)20-12-14-7-9-15(18)10-8-14/h7-10,13H,3-6,11-12H2,1-2H3,(H,19,21)(H,20,22)/t13-/m1/s1. The Hall–Kier alpha value is -1.55. The molecule has 0 fully saturated rings. The van der Waals surface area contributed by atoms with Crippen LogP contribution >= 0.6 is 11.6 Å². The van der Waals surface area contributed by atoms with Crippen molar-refractivity contribution in [2.45, 2.75) is 46.1 Å². The molecule has 5 heteroatoms. The summed E-state index contributed by atoms with van der Waals surface area (Å²) < 4.78 is 0. The topological polar surface area (TPSA) is 58.2 Å². The lowest BCUT2D eigenvalue weighted by Crippen LogP contribution is -2.41. The number of unbranched alkanes of at least 4 members (excludes halogenated alkanes) is 1. The number of nitrogens with one attached hydrogen (secondary N) is 2. The highest BCUT2D eigenvalue weighted by atomic mass is 35.5. The Morgan fingerprint density at radius 2 is 1.73 bits per heavy atom. The van der Waals surface area contributed by atoms with Crippen LogP contribution in [0.4, 0.5) is 0 Å². The molecular formula is C17H25ClN2O2. The molecule has 0 aromatic heterocycles. The molecule has 0 heterocycles. The van der Waals surface area contributed by atoms with Gasteiger partial charge in [0.2, 0.25) is 0 Å². The Morgan fingerprint density at radius 1 is 1.09 bits per heavy atom. The molecule has 1 rings (SSSR count). The summed E-state index contributed by atoms with van der Waals surface area (Å²) in [6.07, 6.45) is 4.38. The van der Waals surface area contributed by atoms with E-state index in [0.717, 1.165) is 31.2 Å². The molecule has 0 radical (unpaired) electrons. The quantitative estimate of drug-likeness (QED) is 0.721. The maximum atomic E-state index is 11.8. The molecule has 2 amide bonds. The third kappa shape index (κ3) is 6.94. The van der Waals surface area contributed by atoms with E-state index in [2.05, 4.69) is 24.5 Å². The summed E-state index contributed by atoms with van der Waals surface area (Å²) in [5, 5.41) is 5.97. The maximum absolute atomic E-state index is 11.8. The maximum Gasteiger partial charge on any atom is 0.309 e. The average Bonchev–Trinajstić information content (AvgIpc) is 2.54. The van der Waals surface area contributed by atoms with Gasteiger partial charge >= 0.3 is 11.8 Å². The van der Waals surface area contributed by atoms with E-state index in [-0.39, 0.29) is 0 Å². The first-order valence-electron chi connectivity index (χ1n) is 7.87. The summed E-state index contributed by atoms with van der Waals surface area (Å²) in [6, 6.07) is 7.14. The van der Waals surface area contributed by atoms with E-state index in [9.17, 15) is 9.59 Å². The van der Waals surface area contributed by atoms with E-state index in [1.54, 1.807) is 12.1 Å². The van der Waals surface area contributed by atoms with Crippen LogP contribution in [0.2, 0.25) is 5.02 Å². The van der Waals surface area contributed by atoms with Crippen molar-refractivity contribution in [1.82, 2.24) is 10.6 Å². The van der Waals surface area contributed by atoms with Crippen LogP contribution in [0.25, 0.3) is 0 Å². The minimum absolute atomic E-state index is 0.316. The summed E-state index contributed by atoms with van der Waals surface area (Å²) in [5.74, 6) is -0.725. The monoisotopic (exact) mass is 324 g/mol. The van der Waals surface area contributed by atoms with Crippen molar-refractivity contribution in [2.75, 3.05) is 6.54 Å². The molecule has 1 atom stereocenters. The Kier molecular flexibility index (Phi) is 8.60. The van der Waals surface area contributed by atoms with Crippen LogP contribution in [-0.4, -0.2) is 18.4 Å². The Labute approximate surface area is 137 Å². The molecule has 0 saturated carbocycles. The number of carbonyl (C=O) groups is 2. The van der Waals surface area contributed by atoms with E-state index >= 15 is 0 Å². The first kappa shape index (κ1) is 18.5. The van der Waals surface area contributed by atoms with Crippen LogP contribution in [0, 0.1) is 5.92 Å². The zero-order valence-corrected chi connectivity index (χ0v) is 14.1. The SMILES string of the molecule is CCCC[C@@H](CC)CNC(=O)C(=O)NCc1ccc(Cl)cc1. The molecule has 22 heavy (non-hydrogen) atoms. The van der Waals surface area contributed by atoms with Crippen molar-refractivity contribution in [1.29, 1.82) is 0 Å². The normalized spacial score (nSPS) is 11.8. The second kappa shape index (κ2) is 10.2. The second-order valence-corrected chi connectivity index (χ2v) is 5.87. The first-order chi connectivity index (χ1) is 10.6. The van der Waals surface area contributed by atoms with Gasteiger partial charge in [-0.05, 0) is 30.0 Å². The molecule has 0 saturated heterocycles. The predicted octanol–water partition coefficient (Wildman–Crippen LogP) is 3.29. The third-order valence-corrected chi connectivity index (χ3v) is 3.92. The average molecular weight is 325 g/mol. The second-order valence-electron chi connectivity index (χ2n) is 5.44. The van der Waals surface area contributed by atoms with E-state index in [0.29, 0.717) is 24.0 Å². The molecule has 0 aliphatic carbocycles. The molecule has 0 aliphatic heterocycles. The molecule has 2 N–H and O–H groups in total. The Morgan fingerprint density at radius 3 is 2.32 bits per heavy atom. The minimum Gasteiger partial charge on any atom is -0.348 e. The van der Waals surface area contributed by atoms with Crippen LogP contribution in [0.5, 0.6) is 0 Å². The zero-order valence-electron chi connectivity index (χ0n) is 13.3. The van der Waals surface area contributed by atoms with Crippen molar-refractivity contribution in [3.05, 3.63) is 34.9 Å². The molecule has 4 nitrogen and oxygen atoms in total.